The minimum atomic E-state index is -0.312. The van der Waals surface area contributed by atoms with E-state index >= 15 is 0 Å². The van der Waals surface area contributed by atoms with Crippen LogP contribution in [0.15, 0.2) is 36.7 Å². The van der Waals surface area contributed by atoms with Gasteiger partial charge >= 0.3 is 0 Å². The van der Waals surface area contributed by atoms with Crippen LogP contribution in [0.4, 0.5) is 5.95 Å². The quantitative estimate of drug-likeness (QED) is 0.749. The van der Waals surface area contributed by atoms with Crippen molar-refractivity contribution >= 4 is 23.5 Å². The molecule has 0 bridgehead atoms. The molecule has 1 aromatic heterocycles. The number of fused-ring (bicyclic) bond motifs is 1. The molecule has 0 spiro atoms. The summed E-state index contributed by atoms with van der Waals surface area (Å²) in [6.45, 7) is 3.14. The van der Waals surface area contributed by atoms with Gasteiger partial charge in [0.05, 0.1) is 6.54 Å². The SMILES string of the molecule is N#CN1CCN2CCN(c3ncc(-c4cccc(Cl)c4)cn3)C(=O)[C@@H]2C1. The Labute approximate surface area is 156 Å². The largest absolute Gasteiger partial charge is 0.307 e. The van der Waals surface area contributed by atoms with E-state index in [1.54, 1.807) is 22.2 Å². The standard InChI is InChI=1S/C18H17ClN6O/c19-15-3-1-2-13(8-15)14-9-21-18(22-10-14)25-7-6-24-5-4-23(12-20)11-16(24)17(25)26/h1-3,8-10,16H,4-7,11H2/t16-/m0/s1. The summed E-state index contributed by atoms with van der Waals surface area (Å²) < 4.78 is 0. The van der Waals surface area contributed by atoms with Gasteiger partial charge in [-0.2, -0.15) is 5.26 Å². The first kappa shape index (κ1) is 16.8. The van der Waals surface area contributed by atoms with Crippen LogP contribution in [0.2, 0.25) is 5.02 Å². The molecule has 26 heavy (non-hydrogen) atoms. The van der Waals surface area contributed by atoms with Gasteiger partial charge in [0, 0.05) is 49.2 Å². The molecule has 0 unspecified atom stereocenters. The number of rotatable bonds is 2. The number of carbonyl (C=O) groups is 1. The van der Waals surface area contributed by atoms with Crippen LogP contribution in [-0.2, 0) is 4.79 Å². The molecule has 2 aliphatic heterocycles. The maximum atomic E-state index is 12.9. The van der Waals surface area contributed by atoms with Crippen molar-refractivity contribution in [2.75, 3.05) is 37.6 Å². The van der Waals surface area contributed by atoms with Crippen molar-refractivity contribution in [3.05, 3.63) is 41.7 Å². The highest BCUT2D eigenvalue weighted by atomic mass is 35.5. The van der Waals surface area contributed by atoms with Gasteiger partial charge in [0.1, 0.15) is 6.04 Å². The van der Waals surface area contributed by atoms with E-state index in [0.717, 1.165) is 24.2 Å². The van der Waals surface area contributed by atoms with Gasteiger partial charge in [-0.05, 0) is 17.7 Å². The highest BCUT2D eigenvalue weighted by Gasteiger charge is 2.39. The zero-order valence-electron chi connectivity index (χ0n) is 14.0. The Balaban J connectivity index is 1.54. The van der Waals surface area contributed by atoms with Crippen LogP contribution in [-0.4, -0.2) is 64.4 Å². The predicted octanol–water partition coefficient (Wildman–Crippen LogP) is 1.61. The molecule has 0 aliphatic carbocycles. The van der Waals surface area contributed by atoms with Gasteiger partial charge in [-0.15, -0.1) is 0 Å². The molecule has 1 atom stereocenters. The number of anilines is 1. The zero-order chi connectivity index (χ0) is 18.1. The van der Waals surface area contributed by atoms with E-state index in [2.05, 4.69) is 21.1 Å². The van der Waals surface area contributed by atoms with E-state index in [4.69, 9.17) is 16.9 Å². The monoisotopic (exact) mass is 368 g/mol. The molecule has 2 fully saturated rings. The molecule has 2 saturated heterocycles. The fourth-order valence-corrected chi connectivity index (χ4v) is 3.60. The number of amides is 1. The number of carbonyl (C=O) groups excluding carboxylic acids is 1. The minimum absolute atomic E-state index is 0.0493. The Morgan fingerprint density at radius 2 is 1.88 bits per heavy atom. The van der Waals surface area contributed by atoms with E-state index < -0.39 is 0 Å². The zero-order valence-corrected chi connectivity index (χ0v) is 14.8. The maximum absolute atomic E-state index is 12.9. The molecule has 0 radical (unpaired) electrons. The smallest absolute Gasteiger partial charge is 0.248 e. The Kier molecular flexibility index (Phi) is 4.45. The lowest BCUT2D eigenvalue weighted by Gasteiger charge is -2.44. The summed E-state index contributed by atoms with van der Waals surface area (Å²) in [7, 11) is 0. The minimum Gasteiger partial charge on any atom is -0.307 e. The fourth-order valence-electron chi connectivity index (χ4n) is 3.41. The van der Waals surface area contributed by atoms with E-state index in [0.29, 0.717) is 30.6 Å². The second kappa shape index (κ2) is 6.90. The van der Waals surface area contributed by atoms with Gasteiger partial charge in [0.25, 0.3) is 0 Å². The number of halogens is 1. The van der Waals surface area contributed by atoms with Crippen LogP contribution in [0, 0.1) is 11.5 Å². The lowest BCUT2D eigenvalue weighted by atomic mass is 10.1. The van der Waals surface area contributed by atoms with Crippen LogP contribution in [0.5, 0.6) is 0 Å². The molecule has 132 valence electrons. The third kappa shape index (κ3) is 3.09. The summed E-state index contributed by atoms with van der Waals surface area (Å²) in [6, 6.07) is 7.16. The van der Waals surface area contributed by atoms with Gasteiger partial charge in [-0.3, -0.25) is 14.6 Å². The molecule has 2 aliphatic rings. The molecule has 7 nitrogen and oxygen atoms in total. The summed E-state index contributed by atoms with van der Waals surface area (Å²) in [4.78, 5) is 27.0. The molecule has 0 saturated carbocycles. The maximum Gasteiger partial charge on any atom is 0.248 e. The van der Waals surface area contributed by atoms with Gasteiger partial charge in [-0.1, -0.05) is 23.7 Å². The Morgan fingerprint density at radius 3 is 2.62 bits per heavy atom. The molecular formula is C18H17ClN6O. The van der Waals surface area contributed by atoms with Gasteiger partial charge in [-0.25, -0.2) is 9.97 Å². The molecule has 0 N–H and O–H groups in total. The van der Waals surface area contributed by atoms with Gasteiger partial charge in [0.15, 0.2) is 6.19 Å². The van der Waals surface area contributed by atoms with Crippen LogP contribution < -0.4 is 4.90 Å². The lowest BCUT2D eigenvalue weighted by Crippen LogP contribution is -2.64. The summed E-state index contributed by atoms with van der Waals surface area (Å²) in [5.74, 6) is 0.348. The molecule has 4 rings (SSSR count). The third-order valence-corrected chi connectivity index (χ3v) is 5.07. The number of piperazine rings is 2. The number of hydrogen-bond donors (Lipinski definition) is 0. The number of nitriles is 1. The van der Waals surface area contributed by atoms with Gasteiger partial charge < -0.3 is 4.90 Å². The number of nitrogens with zero attached hydrogens (tertiary/aromatic N) is 6. The summed E-state index contributed by atoms with van der Waals surface area (Å²) in [5.41, 5.74) is 1.77. The topological polar surface area (TPSA) is 76.4 Å². The average Bonchev–Trinajstić information content (AvgIpc) is 2.68. The first-order valence-corrected chi connectivity index (χ1v) is 8.81. The van der Waals surface area contributed by atoms with Crippen molar-refractivity contribution in [3.8, 4) is 17.3 Å². The second-order valence-corrected chi connectivity index (χ2v) is 6.81. The summed E-state index contributed by atoms with van der Waals surface area (Å²) in [6.07, 6.45) is 5.55. The Hall–Kier alpha value is -2.69. The van der Waals surface area contributed by atoms with Crippen molar-refractivity contribution in [3.63, 3.8) is 0 Å². The van der Waals surface area contributed by atoms with Crippen molar-refractivity contribution in [1.82, 2.24) is 19.8 Å². The molecule has 1 amide bonds. The first-order valence-electron chi connectivity index (χ1n) is 8.44. The van der Waals surface area contributed by atoms with Crippen LogP contribution in [0.1, 0.15) is 0 Å². The first-order chi connectivity index (χ1) is 12.7. The predicted molar refractivity (Wildman–Crippen MR) is 97.4 cm³/mol. The van der Waals surface area contributed by atoms with Crippen molar-refractivity contribution in [2.45, 2.75) is 6.04 Å². The van der Waals surface area contributed by atoms with Crippen LogP contribution >= 0.6 is 11.6 Å². The van der Waals surface area contributed by atoms with Gasteiger partial charge in [0.2, 0.25) is 11.9 Å². The molecule has 3 heterocycles. The normalized spacial score (nSPS) is 20.6. The van der Waals surface area contributed by atoms with E-state index in [-0.39, 0.29) is 11.9 Å². The van der Waals surface area contributed by atoms with Crippen LogP contribution in [0.3, 0.4) is 0 Å². The summed E-state index contributed by atoms with van der Waals surface area (Å²) in [5, 5.41) is 9.76. The van der Waals surface area contributed by atoms with Crippen molar-refractivity contribution in [1.29, 1.82) is 5.26 Å². The fraction of sp³-hybridized carbons (Fsp3) is 0.333. The van der Waals surface area contributed by atoms with E-state index in [1.165, 1.54) is 0 Å². The highest BCUT2D eigenvalue weighted by Crippen LogP contribution is 2.24. The number of aromatic nitrogens is 2. The lowest BCUT2D eigenvalue weighted by molar-refractivity contribution is -0.128. The van der Waals surface area contributed by atoms with E-state index in [1.807, 2.05) is 24.3 Å². The van der Waals surface area contributed by atoms with Crippen molar-refractivity contribution < 1.29 is 4.79 Å². The molecule has 1 aromatic carbocycles. The molecule has 8 heteroatoms. The molecule has 2 aromatic rings. The number of hydrogen-bond acceptors (Lipinski definition) is 6. The van der Waals surface area contributed by atoms with E-state index in [9.17, 15) is 4.79 Å². The Morgan fingerprint density at radius 1 is 1.12 bits per heavy atom. The van der Waals surface area contributed by atoms with Crippen LogP contribution in [0.25, 0.3) is 11.1 Å². The molecular weight excluding hydrogens is 352 g/mol. The average molecular weight is 369 g/mol. The Bertz CT molecular complexity index is 865. The second-order valence-electron chi connectivity index (χ2n) is 6.37. The highest BCUT2D eigenvalue weighted by molar-refractivity contribution is 6.30. The number of benzene rings is 1. The summed E-state index contributed by atoms with van der Waals surface area (Å²) >= 11 is 6.03. The third-order valence-electron chi connectivity index (χ3n) is 4.83. The van der Waals surface area contributed by atoms with Crippen molar-refractivity contribution in [2.24, 2.45) is 0 Å².